The first-order chi connectivity index (χ1) is 58.1. The minimum absolute atomic E-state index is 0. The molecule has 0 fully saturated rings. The van der Waals surface area contributed by atoms with Crippen LogP contribution in [0.2, 0.25) is 0 Å². The molecule has 0 saturated heterocycles. The number of para-hydroxylation sites is 4. The van der Waals surface area contributed by atoms with Gasteiger partial charge in [-0.05, 0) is 178 Å². The smallest absolute Gasteiger partial charge is 0.243 e. The molecule has 0 aliphatic heterocycles. The fourth-order valence-corrected chi connectivity index (χ4v) is 16.0. The fraction of sp³-hybridized carbons (Fsp3) is 0.160. The first-order valence-corrected chi connectivity index (χ1v) is 39.9. The van der Waals surface area contributed by atoms with E-state index >= 15 is 0 Å². The van der Waals surface area contributed by atoms with Crippen LogP contribution in [0, 0.1) is 110 Å². The first kappa shape index (κ1) is 92.2. The maximum absolute atomic E-state index is 14.9. The number of nitriles is 4. The van der Waals surface area contributed by atoms with Crippen LogP contribution in [0.25, 0.3) is 122 Å². The predicted molar refractivity (Wildman–Crippen MR) is 469 cm³/mol. The molecule has 4 radical (unpaired) electrons. The number of hydrogen-bond donors (Lipinski definition) is 0. The summed E-state index contributed by atoms with van der Waals surface area (Å²) in [6, 6.07) is 91.0. The fourth-order valence-electron chi connectivity index (χ4n) is 15.2. The number of hydrogen-bond acceptors (Lipinski definition) is 14. The Labute approximate surface area is 777 Å². The van der Waals surface area contributed by atoms with Crippen molar-refractivity contribution in [2.75, 3.05) is 7.11 Å². The molecular formula is C100H80FIr4N15O3S-4. The summed E-state index contributed by atoms with van der Waals surface area (Å²) in [6.45, 7) is 22.7. The SMILES string of the molecule is COc1cc(C(C)C)c(-n2nc(C#N)nc2-c2[c-]ccc(C)c2F)c(C(C)C)c1.Cc1cc(-c2ccc(C(C)C)cc2)cc(C)c1-c1cc(C#N)nn1-c1[c-]sc2ccccc12.Cc1cc(Oc2ccccc2)cc(C)c1-c1cc(C#N)nn1-c1[c-]oc2ccccc12.Cn1nc(C#N)nc1-c1[c-]cc2c(c1)c1ccccc1n2-c1ccccc1.[Ir].[Ir].[Ir].[Ir]. The van der Waals surface area contributed by atoms with Crippen LogP contribution in [0.4, 0.5) is 4.39 Å². The van der Waals surface area contributed by atoms with E-state index in [2.05, 4.69) is 205 Å². The third-order valence-electron chi connectivity index (χ3n) is 20.9. The van der Waals surface area contributed by atoms with Crippen molar-refractivity contribution in [3.8, 4) is 121 Å². The number of furan rings is 1. The number of halogens is 1. The standard InChI is InChI=1S/C29H24N3S.C26H18N3O2.C23H24FN4O.C22H14N5.4Ir/c1-18(2)21-9-11-22(12-10-21)23-13-19(3)29(20(4)14-23)26-15-24(16-30)31-32(26)27-17-33-28-8-6-5-7-25(27)28;1-17-12-21(31-20-8-4-3-5-9-20)13-18(2)26(17)23-14-19(15-27)28-29(23)24-16-30-25-11-7-6-10-22(24)25;1-13(2)18-10-16(29-6)11-19(14(3)4)22(18)28-23(26-20(12-25)27-28)17-9-7-8-15(5)21(17)24;1-26-22(24-21(14-23)25-26)15-11-12-20-18(13-15)17-9-5-6-10-19(17)27(20)16-7-3-2-4-8-16;;;;/h5-15,18H,1-4H3;3-14H,1-2H3;7-8,10-11,13-14H,1-6H3;2-10,12-13H,1H3;;;;/q4*-1;;;;. The Morgan fingerprint density at radius 3 is 1.61 bits per heavy atom. The molecule has 0 saturated carbocycles. The van der Waals surface area contributed by atoms with Gasteiger partial charge in [0.25, 0.3) is 0 Å². The van der Waals surface area contributed by atoms with Crippen molar-refractivity contribution in [3.63, 3.8) is 0 Å². The number of benzene rings is 11. The zero-order valence-corrected chi connectivity index (χ0v) is 80.1. The molecule has 18 nitrogen and oxygen atoms in total. The zero-order chi connectivity index (χ0) is 84.2. The van der Waals surface area contributed by atoms with E-state index in [-0.39, 0.29) is 115 Å². The quantitative estimate of drug-likeness (QED) is 0.0871. The second-order valence-corrected chi connectivity index (χ2v) is 30.9. The van der Waals surface area contributed by atoms with Crippen LogP contribution in [-0.4, -0.2) is 60.8 Å². The Hall–Kier alpha value is -12.5. The Morgan fingerprint density at radius 2 is 1.02 bits per heavy atom. The number of nitrogens with zero attached hydrogens (tertiary/aromatic N) is 15. The van der Waals surface area contributed by atoms with Crippen molar-refractivity contribution in [2.24, 2.45) is 7.05 Å². The maximum Gasteiger partial charge on any atom is 0.243 e. The van der Waals surface area contributed by atoms with E-state index in [4.69, 9.17) is 19.2 Å². The number of methoxy groups -OCH3 is 1. The molecule has 0 atom stereocenters. The molecule has 0 aliphatic rings. The van der Waals surface area contributed by atoms with Crippen LogP contribution in [0.15, 0.2) is 235 Å². The Balaban J connectivity index is 0.000000160. The third kappa shape index (κ3) is 18.9. The zero-order valence-electron chi connectivity index (χ0n) is 69.7. The average molecular weight is 2360 g/mol. The van der Waals surface area contributed by atoms with E-state index < -0.39 is 5.82 Å². The van der Waals surface area contributed by atoms with Crippen LogP contribution in [0.5, 0.6) is 17.2 Å². The topological polar surface area (TPSA) is 229 Å². The third-order valence-corrected chi connectivity index (χ3v) is 21.8. The van der Waals surface area contributed by atoms with Gasteiger partial charge in [0, 0.05) is 134 Å². The van der Waals surface area contributed by atoms with E-state index in [9.17, 15) is 20.2 Å². The predicted octanol–water partition coefficient (Wildman–Crippen LogP) is 23.7. The monoisotopic (exact) mass is 2360 g/mol. The van der Waals surface area contributed by atoms with Gasteiger partial charge in [-0.15, -0.1) is 85.8 Å². The van der Waals surface area contributed by atoms with Crippen LogP contribution >= 0.6 is 11.3 Å². The van der Waals surface area contributed by atoms with Gasteiger partial charge < -0.3 is 18.5 Å². The summed E-state index contributed by atoms with van der Waals surface area (Å²) in [7, 11) is 3.42. The van der Waals surface area contributed by atoms with Gasteiger partial charge in [-0.2, -0.15) is 31.2 Å². The number of aromatic nitrogens is 11. The summed E-state index contributed by atoms with van der Waals surface area (Å²) in [5, 5.41) is 62.9. The van der Waals surface area contributed by atoms with Crippen LogP contribution < -0.4 is 9.47 Å². The van der Waals surface area contributed by atoms with E-state index in [0.717, 1.165) is 139 Å². The van der Waals surface area contributed by atoms with E-state index in [1.807, 2.05) is 164 Å². The second-order valence-electron chi connectivity index (χ2n) is 30.0. The maximum atomic E-state index is 14.9. The van der Waals surface area contributed by atoms with Crippen molar-refractivity contribution < 1.29 is 98.7 Å². The number of ether oxygens (including phenoxy) is 2. The molecule has 626 valence electrons. The minimum Gasteiger partial charge on any atom is -0.589 e. The Morgan fingerprint density at radius 1 is 0.476 bits per heavy atom. The molecule has 7 aromatic heterocycles. The van der Waals surface area contributed by atoms with Gasteiger partial charge in [0.15, 0.2) is 11.4 Å². The molecule has 0 bridgehead atoms. The second kappa shape index (κ2) is 40.2. The van der Waals surface area contributed by atoms with Crippen molar-refractivity contribution in [3.05, 3.63) is 328 Å². The molecule has 0 spiro atoms. The van der Waals surface area contributed by atoms with E-state index in [1.54, 1.807) is 64.7 Å². The molecule has 18 rings (SSSR count). The minimum atomic E-state index is -0.420. The number of fused-ring (bicyclic) bond motifs is 5. The normalized spacial score (nSPS) is 10.8. The van der Waals surface area contributed by atoms with Gasteiger partial charge in [0.2, 0.25) is 11.6 Å². The Bertz CT molecular complexity index is 7020. The average Bonchev–Trinajstić information content (AvgIpc) is 1.62. The molecule has 0 amide bonds. The van der Waals surface area contributed by atoms with Gasteiger partial charge in [-0.1, -0.05) is 192 Å². The summed E-state index contributed by atoms with van der Waals surface area (Å²) >= 11 is 1.57. The van der Waals surface area contributed by atoms with E-state index in [1.165, 1.54) is 16.7 Å². The van der Waals surface area contributed by atoms with E-state index in [0.29, 0.717) is 34.4 Å². The molecule has 18 aromatic rings. The van der Waals surface area contributed by atoms with Crippen molar-refractivity contribution in [1.29, 1.82) is 21.0 Å². The van der Waals surface area contributed by atoms with Crippen molar-refractivity contribution in [1.82, 2.24) is 53.7 Å². The van der Waals surface area contributed by atoms with Crippen LogP contribution in [-0.2, 0) is 87.5 Å². The van der Waals surface area contributed by atoms with Gasteiger partial charge >= 0.3 is 0 Å². The molecule has 0 aliphatic carbocycles. The van der Waals surface area contributed by atoms with Crippen molar-refractivity contribution in [2.45, 2.75) is 93.9 Å². The molecular weight excluding hydrogens is 2280 g/mol. The van der Waals surface area contributed by atoms with Gasteiger partial charge in [-0.3, -0.25) is 34.5 Å². The van der Waals surface area contributed by atoms with Crippen LogP contribution in [0.3, 0.4) is 0 Å². The molecule has 7 heterocycles. The van der Waals surface area contributed by atoms with Gasteiger partial charge in [-0.25, -0.2) is 9.97 Å². The number of rotatable bonds is 15. The number of aryl methyl sites for hydroxylation is 6. The van der Waals surface area contributed by atoms with Gasteiger partial charge in [0.1, 0.15) is 41.5 Å². The molecule has 24 heteroatoms. The summed E-state index contributed by atoms with van der Waals surface area (Å²) in [5.41, 5.74) is 22.5. The number of thiophene rings is 1. The van der Waals surface area contributed by atoms with Gasteiger partial charge in [0.05, 0.1) is 35.8 Å². The summed E-state index contributed by atoms with van der Waals surface area (Å²) in [4.78, 5) is 8.61. The first-order valence-electron chi connectivity index (χ1n) is 39.1. The summed E-state index contributed by atoms with van der Waals surface area (Å²) in [6.07, 6.45) is 2.95. The molecule has 11 aromatic carbocycles. The van der Waals surface area contributed by atoms with Crippen molar-refractivity contribution >= 4 is 54.2 Å². The summed E-state index contributed by atoms with van der Waals surface area (Å²) < 4.78 is 42.2. The molecule has 0 N–H and O–H groups in total. The molecule has 0 unspecified atom stereocenters. The summed E-state index contributed by atoms with van der Waals surface area (Å²) in [5.74, 6) is 3.71. The molecule has 124 heavy (non-hydrogen) atoms. The van der Waals surface area contributed by atoms with Crippen LogP contribution in [0.1, 0.15) is 127 Å². The largest absolute Gasteiger partial charge is 0.589 e. The Kier molecular flexibility index (Phi) is 29.9.